The van der Waals surface area contributed by atoms with Gasteiger partial charge in [-0.2, -0.15) is 0 Å². The van der Waals surface area contributed by atoms with Crippen LogP contribution in [0.4, 0.5) is 0 Å². The average Bonchev–Trinajstić information content (AvgIpc) is 2.18. The van der Waals surface area contributed by atoms with E-state index in [2.05, 4.69) is 6.92 Å². The molecule has 6 heteroatoms. The molecule has 0 saturated heterocycles. The van der Waals surface area contributed by atoms with Gasteiger partial charge in [-0.1, -0.05) is 45.4 Å². The number of nitrogens with zero attached hydrogens (tertiary/aromatic N) is 1. The van der Waals surface area contributed by atoms with Crippen molar-refractivity contribution in [2.75, 3.05) is 27.7 Å². The standard InChI is InChI=1S/C13H30NO4P/c1-5-6-7-8-9-10-11-13(12-14(2,3)4)18-19(15,16)17/h13H,5-12H2,1-4H3,(H-,15,16,17). The third kappa shape index (κ3) is 14.3. The largest absolute Gasteiger partial charge is 0.756 e. The van der Waals surface area contributed by atoms with Gasteiger partial charge < -0.3 is 18.8 Å². The lowest BCUT2D eigenvalue weighted by atomic mass is 10.1. The second-order valence-corrected chi connectivity index (χ2v) is 7.37. The first-order valence-electron chi connectivity index (χ1n) is 7.16. The van der Waals surface area contributed by atoms with E-state index in [1.54, 1.807) is 0 Å². The van der Waals surface area contributed by atoms with Gasteiger partial charge in [0.2, 0.25) is 0 Å². The fraction of sp³-hybridized carbons (Fsp3) is 1.00. The highest BCUT2D eigenvalue weighted by Gasteiger charge is 2.22. The monoisotopic (exact) mass is 295 g/mol. The molecule has 0 spiro atoms. The van der Waals surface area contributed by atoms with Crippen molar-refractivity contribution in [1.82, 2.24) is 0 Å². The lowest BCUT2D eigenvalue weighted by molar-refractivity contribution is -0.873. The summed E-state index contributed by atoms with van der Waals surface area (Å²) >= 11 is 0. The van der Waals surface area contributed by atoms with Gasteiger partial charge >= 0.3 is 0 Å². The van der Waals surface area contributed by atoms with E-state index in [1.165, 1.54) is 25.7 Å². The number of rotatable bonds is 11. The van der Waals surface area contributed by atoms with E-state index >= 15 is 0 Å². The summed E-state index contributed by atoms with van der Waals surface area (Å²) < 4.78 is 16.2. The number of phosphoric ester groups is 1. The van der Waals surface area contributed by atoms with Gasteiger partial charge in [0.15, 0.2) is 0 Å². The maximum atomic E-state index is 10.9. The van der Waals surface area contributed by atoms with Crippen LogP contribution in [0.5, 0.6) is 0 Å². The summed E-state index contributed by atoms with van der Waals surface area (Å²) in [5, 5.41) is 0. The lowest BCUT2D eigenvalue weighted by Crippen LogP contribution is -2.42. The van der Waals surface area contributed by atoms with Crippen LogP contribution in [0.25, 0.3) is 0 Å². The van der Waals surface area contributed by atoms with E-state index < -0.39 is 13.9 Å². The van der Waals surface area contributed by atoms with Crippen molar-refractivity contribution in [1.29, 1.82) is 0 Å². The molecule has 0 rings (SSSR count). The fourth-order valence-corrected chi connectivity index (χ4v) is 2.68. The zero-order chi connectivity index (χ0) is 14.9. The van der Waals surface area contributed by atoms with Crippen LogP contribution in [0.2, 0.25) is 0 Å². The zero-order valence-electron chi connectivity index (χ0n) is 12.8. The Morgan fingerprint density at radius 3 is 2.16 bits per heavy atom. The minimum absolute atomic E-state index is 0.431. The summed E-state index contributed by atoms with van der Waals surface area (Å²) in [7, 11) is 1.30. The Balaban J connectivity index is 4.02. The van der Waals surface area contributed by atoms with Gasteiger partial charge in [-0.25, -0.2) is 0 Å². The van der Waals surface area contributed by atoms with Gasteiger partial charge in [0.1, 0.15) is 12.6 Å². The van der Waals surface area contributed by atoms with Gasteiger partial charge in [0.05, 0.1) is 21.1 Å². The molecule has 2 atom stereocenters. The van der Waals surface area contributed by atoms with Gasteiger partial charge in [-0.3, -0.25) is 4.57 Å². The van der Waals surface area contributed by atoms with Crippen molar-refractivity contribution in [2.24, 2.45) is 0 Å². The smallest absolute Gasteiger partial charge is 0.265 e. The molecule has 0 aromatic rings. The first-order chi connectivity index (χ1) is 8.64. The molecule has 0 aliphatic rings. The van der Waals surface area contributed by atoms with Gasteiger partial charge in [-0.15, -0.1) is 0 Å². The predicted molar refractivity (Wildman–Crippen MR) is 75.6 cm³/mol. The van der Waals surface area contributed by atoms with Crippen molar-refractivity contribution in [3.05, 3.63) is 0 Å². The molecule has 0 fully saturated rings. The molecule has 0 aromatic carbocycles. The van der Waals surface area contributed by atoms with Crippen molar-refractivity contribution >= 4 is 7.82 Å². The summed E-state index contributed by atoms with van der Waals surface area (Å²) in [6.45, 7) is 2.75. The molecule has 0 aliphatic carbocycles. The number of phosphoric acid groups is 1. The van der Waals surface area contributed by atoms with Crippen molar-refractivity contribution in [2.45, 2.75) is 58.0 Å². The molecule has 1 N–H and O–H groups in total. The molecular weight excluding hydrogens is 265 g/mol. The van der Waals surface area contributed by atoms with E-state index in [4.69, 9.17) is 9.42 Å². The Morgan fingerprint density at radius 1 is 1.16 bits per heavy atom. The van der Waals surface area contributed by atoms with Crippen LogP contribution in [0.15, 0.2) is 0 Å². The first-order valence-corrected chi connectivity index (χ1v) is 8.66. The molecule has 0 saturated carbocycles. The normalized spacial score (nSPS) is 17.2. The van der Waals surface area contributed by atoms with Gasteiger partial charge in [-0.05, 0) is 6.42 Å². The highest BCUT2D eigenvalue weighted by molar-refractivity contribution is 7.44. The number of unbranched alkanes of at least 4 members (excludes halogenated alkanes) is 5. The molecule has 5 nitrogen and oxygen atoms in total. The number of hydrogen-bond acceptors (Lipinski definition) is 3. The van der Waals surface area contributed by atoms with E-state index in [-0.39, 0.29) is 0 Å². The van der Waals surface area contributed by atoms with Gasteiger partial charge in [0, 0.05) is 0 Å². The minimum atomic E-state index is -4.63. The SMILES string of the molecule is CCCCCCCCC(C[N+](C)(C)C)OP(=O)([O-])O. The molecule has 0 heterocycles. The summed E-state index contributed by atoms with van der Waals surface area (Å²) in [5.41, 5.74) is 0. The minimum Gasteiger partial charge on any atom is -0.756 e. The molecule has 2 unspecified atom stereocenters. The molecular formula is C13H30NO4P. The van der Waals surface area contributed by atoms with Crippen LogP contribution in [0.3, 0.4) is 0 Å². The van der Waals surface area contributed by atoms with Crippen LogP contribution in [-0.2, 0) is 9.09 Å². The number of likely N-dealkylation sites (N-methyl/N-ethyl adjacent to an activating group) is 1. The highest BCUT2D eigenvalue weighted by Crippen LogP contribution is 2.34. The third-order valence-electron chi connectivity index (χ3n) is 2.91. The Labute approximate surface area is 117 Å². The molecule has 0 bridgehead atoms. The van der Waals surface area contributed by atoms with Crippen LogP contribution >= 0.6 is 7.82 Å². The Bertz CT molecular complexity index is 272. The van der Waals surface area contributed by atoms with Crippen LogP contribution in [0.1, 0.15) is 51.9 Å². The molecule has 0 amide bonds. The molecule has 0 aliphatic heterocycles. The molecule has 0 radical (unpaired) electrons. The summed E-state index contributed by atoms with van der Waals surface area (Å²) in [6.07, 6.45) is 7.16. The molecule has 19 heavy (non-hydrogen) atoms. The lowest BCUT2D eigenvalue weighted by Gasteiger charge is -2.31. The fourth-order valence-electron chi connectivity index (χ4n) is 2.13. The highest BCUT2D eigenvalue weighted by atomic mass is 31.2. The topological polar surface area (TPSA) is 69.6 Å². The summed E-state index contributed by atoms with van der Waals surface area (Å²) in [5.74, 6) is 0. The Morgan fingerprint density at radius 2 is 1.68 bits per heavy atom. The molecule has 116 valence electrons. The second kappa shape index (κ2) is 9.09. The number of quaternary nitrogens is 1. The summed E-state index contributed by atoms with van der Waals surface area (Å²) in [4.78, 5) is 19.7. The van der Waals surface area contributed by atoms with Crippen LogP contribution in [-0.4, -0.2) is 43.2 Å². The van der Waals surface area contributed by atoms with Crippen molar-refractivity contribution < 1.29 is 23.4 Å². The van der Waals surface area contributed by atoms with E-state index in [1.807, 2.05) is 21.1 Å². The van der Waals surface area contributed by atoms with E-state index in [0.29, 0.717) is 17.4 Å². The zero-order valence-corrected chi connectivity index (χ0v) is 13.7. The quantitative estimate of drug-likeness (QED) is 0.361. The first kappa shape index (κ1) is 19.1. The van der Waals surface area contributed by atoms with Crippen LogP contribution < -0.4 is 4.89 Å². The van der Waals surface area contributed by atoms with Crippen molar-refractivity contribution in [3.8, 4) is 0 Å². The summed E-state index contributed by atoms with van der Waals surface area (Å²) in [6, 6.07) is 0. The van der Waals surface area contributed by atoms with Crippen LogP contribution in [0, 0.1) is 0 Å². The van der Waals surface area contributed by atoms with E-state index in [0.717, 1.165) is 12.8 Å². The Hall–Kier alpha value is 0.0700. The van der Waals surface area contributed by atoms with Gasteiger partial charge in [0.25, 0.3) is 7.82 Å². The predicted octanol–water partition coefficient (Wildman–Crippen LogP) is 2.29. The maximum Gasteiger partial charge on any atom is 0.265 e. The molecule has 0 aromatic heterocycles. The third-order valence-corrected chi connectivity index (χ3v) is 3.48. The van der Waals surface area contributed by atoms with E-state index in [9.17, 15) is 9.46 Å². The average molecular weight is 295 g/mol. The maximum absolute atomic E-state index is 10.9. The van der Waals surface area contributed by atoms with Crippen molar-refractivity contribution in [3.63, 3.8) is 0 Å². The number of hydrogen-bond donors (Lipinski definition) is 1. The second-order valence-electron chi connectivity index (χ2n) is 6.23. The Kier molecular flexibility index (Phi) is 9.12.